The molecule has 0 aromatic heterocycles. The van der Waals surface area contributed by atoms with Gasteiger partial charge in [0.2, 0.25) is 10.0 Å². The summed E-state index contributed by atoms with van der Waals surface area (Å²) in [6.07, 6.45) is 1.78. The Hall–Kier alpha value is -1.71. The molecule has 3 rings (SSSR count). The molecule has 1 N–H and O–H groups in total. The normalized spacial score (nSPS) is 24.5. The molecular weight excluding hydrogens is 383 g/mol. The Morgan fingerprint density at radius 1 is 1.21 bits per heavy atom. The van der Waals surface area contributed by atoms with Crippen LogP contribution in [0, 0.1) is 12.7 Å². The number of halogens is 1. The summed E-state index contributed by atoms with van der Waals surface area (Å²) in [6, 6.07) is 3.80. The Balaban J connectivity index is 1.72. The van der Waals surface area contributed by atoms with Gasteiger partial charge in [0.25, 0.3) is 0 Å². The molecule has 2 saturated heterocycles. The zero-order valence-corrected chi connectivity index (χ0v) is 17.6. The molecule has 0 radical (unpaired) electrons. The molecule has 0 saturated carbocycles. The summed E-state index contributed by atoms with van der Waals surface area (Å²) in [5.41, 5.74) is 0.433. The smallest absolute Gasteiger partial charge is 0.317 e. The zero-order chi connectivity index (χ0) is 20.5. The third-order valence-electron chi connectivity index (χ3n) is 6.17. The molecule has 2 fully saturated rings. The number of aryl methyl sites for hydroxylation is 1. The van der Waals surface area contributed by atoms with Crippen molar-refractivity contribution in [1.82, 2.24) is 19.4 Å². The maximum Gasteiger partial charge on any atom is 0.317 e. The van der Waals surface area contributed by atoms with E-state index < -0.39 is 15.8 Å². The summed E-state index contributed by atoms with van der Waals surface area (Å²) in [6.45, 7) is 7.08. The highest BCUT2D eigenvalue weighted by Gasteiger charge is 2.44. The van der Waals surface area contributed by atoms with Gasteiger partial charge in [-0.25, -0.2) is 17.6 Å². The van der Waals surface area contributed by atoms with Crippen molar-refractivity contribution in [3.8, 4) is 0 Å². The molecule has 0 aliphatic carbocycles. The highest BCUT2D eigenvalue weighted by Crippen LogP contribution is 2.33. The van der Waals surface area contributed by atoms with Gasteiger partial charge in [-0.15, -0.1) is 0 Å². The molecule has 156 valence electrons. The van der Waals surface area contributed by atoms with Gasteiger partial charge in [0, 0.05) is 51.9 Å². The molecule has 1 unspecified atom stereocenters. The second kappa shape index (κ2) is 7.96. The van der Waals surface area contributed by atoms with Crippen molar-refractivity contribution in [3.05, 3.63) is 29.6 Å². The molecule has 2 aliphatic heterocycles. The van der Waals surface area contributed by atoms with Gasteiger partial charge in [0.1, 0.15) is 5.82 Å². The van der Waals surface area contributed by atoms with E-state index in [2.05, 4.69) is 17.1 Å². The first-order chi connectivity index (χ1) is 13.2. The number of hydrogen-bond acceptors (Lipinski definition) is 4. The largest absolute Gasteiger partial charge is 0.341 e. The van der Waals surface area contributed by atoms with Crippen LogP contribution in [0.1, 0.15) is 25.3 Å². The van der Waals surface area contributed by atoms with Crippen LogP contribution in [-0.2, 0) is 10.0 Å². The van der Waals surface area contributed by atoms with Crippen LogP contribution in [0.4, 0.5) is 9.18 Å². The molecule has 0 bridgehead atoms. The maximum atomic E-state index is 13.6. The average Bonchev–Trinajstić information content (AvgIpc) is 3.15. The number of nitrogens with zero attached hydrogens (tertiary/aromatic N) is 3. The highest BCUT2D eigenvalue weighted by molar-refractivity contribution is 7.89. The SMILES string of the molecule is CCC1(N2CCN(S(=O)(=O)c3cc(F)ccc3C)CC2)CCN(C(=O)NC)C1. The van der Waals surface area contributed by atoms with Crippen LogP contribution < -0.4 is 5.32 Å². The lowest BCUT2D eigenvalue weighted by Crippen LogP contribution is -2.59. The van der Waals surface area contributed by atoms with E-state index in [0.29, 0.717) is 44.8 Å². The Kier molecular flexibility index (Phi) is 5.97. The van der Waals surface area contributed by atoms with E-state index in [9.17, 15) is 17.6 Å². The fourth-order valence-electron chi connectivity index (χ4n) is 4.35. The molecular formula is C19H29FN4O3S. The lowest BCUT2D eigenvalue weighted by atomic mass is 9.92. The van der Waals surface area contributed by atoms with E-state index in [4.69, 9.17) is 0 Å². The monoisotopic (exact) mass is 412 g/mol. The van der Waals surface area contributed by atoms with Crippen molar-refractivity contribution >= 4 is 16.1 Å². The summed E-state index contributed by atoms with van der Waals surface area (Å²) >= 11 is 0. The standard InChI is InChI=1S/C19H29FN4O3S/c1-4-19(7-8-22(14-19)18(25)21-3)23-9-11-24(12-10-23)28(26,27)17-13-16(20)6-5-15(17)2/h5-6,13H,4,7-12,14H2,1-3H3,(H,21,25). The Morgan fingerprint density at radius 3 is 2.50 bits per heavy atom. The molecule has 1 aromatic carbocycles. The zero-order valence-electron chi connectivity index (χ0n) is 16.7. The van der Waals surface area contributed by atoms with E-state index in [1.807, 2.05) is 4.90 Å². The third kappa shape index (κ3) is 3.75. The van der Waals surface area contributed by atoms with E-state index >= 15 is 0 Å². The number of amides is 2. The first-order valence-electron chi connectivity index (χ1n) is 9.71. The number of sulfonamides is 1. The van der Waals surface area contributed by atoms with Crippen LogP contribution in [0.5, 0.6) is 0 Å². The molecule has 2 heterocycles. The van der Waals surface area contributed by atoms with Crippen molar-refractivity contribution < 1.29 is 17.6 Å². The lowest BCUT2D eigenvalue weighted by Gasteiger charge is -2.45. The quantitative estimate of drug-likeness (QED) is 0.816. The predicted molar refractivity (Wildman–Crippen MR) is 105 cm³/mol. The third-order valence-corrected chi connectivity index (χ3v) is 8.21. The highest BCUT2D eigenvalue weighted by atomic mass is 32.2. The minimum absolute atomic E-state index is 0.0396. The van der Waals surface area contributed by atoms with Crippen LogP contribution in [-0.4, -0.2) is 80.4 Å². The van der Waals surface area contributed by atoms with Gasteiger partial charge >= 0.3 is 6.03 Å². The van der Waals surface area contributed by atoms with Gasteiger partial charge < -0.3 is 10.2 Å². The van der Waals surface area contributed by atoms with E-state index in [1.165, 1.54) is 16.4 Å². The second-order valence-electron chi connectivity index (χ2n) is 7.61. The summed E-state index contributed by atoms with van der Waals surface area (Å²) in [4.78, 5) is 16.2. The van der Waals surface area contributed by atoms with Crippen LogP contribution in [0.25, 0.3) is 0 Å². The molecule has 1 aromatic rings. The Bertz CT molecular complexity index is 840. The van der Waals surface area contributed by atoms with Gasteiger partial charge in [-0.05, 0) is 37.5 Å². The molecule has 1 atom stereocenters. The Morgan fingerprint density at radius 2 is 1.89 bits per heavy atom. The summed E-state index contributed by atoms with van der Waals surface area (Å²) in [7, 11) is -2.09. The summed E-state index contributed by atoms with van der Waals surface area (Å²) < 4.78 is 41.0. The van der Waals surface area contributed by atoms with E-state index in [1.54, 1.807) is 14.0 Å². The average molecular weight is 413 g/mol. The number of urea groups is 1. The van der Waals surface area contributed by atoms with Gasteiger partial charge in [0.05, 0.1) is 4.90 Å². The number of benzene rings is 1. The van der Waals surface area contributed by atoms with Crippen molar-refractivity contribution in [1.29, 1.82) is 0 Å². The van der Waals surface area contributed by atoms with Gasteiger partial charge in [-0.2, -0.15) is 4.31 Å². The van der Waals surface area contributed by atoms with Crippen LogP contribution in [0.2, 0.25) is 0 Å². The summed E-state index contributed by atoms with van der Waals surface area (Å²) in [5.74, 6) is -0.548. The lowest BCUT2D eigenvalue weighted by molar-refractivity contribution is 0.0574. The van der Waals surface area contributed by atoms with Crippen molar-refractivity contribution in [2.24, 2.45) is 0 Å². The molecule has 0 spiro atoms. The van der Waals surface area contributed by atoms with Crippen molar-refractivity contribution in [2.75, 3.05) is 46.3 Å². The van der Waals surface area contributed by atoms with Gasteiger partial charge in [-0.3, -0.25) is 4.90 Å². The summed E-state index contributed by atoms with van der Waals surface area (Å²) in [5, 5.41) is 2.68. The number of carbonyl (C=O) groups excluding carboxylic acids is 1. The first kappa shape index (κ1) is 21.0. The predicted octanol–water partition coefficient (Wildman–Crippen LogP) is 1.63. The van der Waals surface area contributed by atoms with Crippen molar-refractivity contribution in [2.45, 2.75) is 37.1 Å². The van der Waals surface area contributed by atoms with Gasteiger partial charge in [-0.1, -0.05) is 13.0 Å². The second-order valence-corrected chi connectivity index (χ2v) is 9.51. The number of rotatable bonds is 4. The number of hydrogen-bond donors (Lipinski definition) is 1. The first-order valence-corrected chi connectivity index (χ1v) is 11.2. The minimum atomic E-state index is -3.72. The van der Waals surface area contributed by atoms with Gasteiger partial charge in [0.15, 0.2) is 0 Å². The van der Waals surface area contributed by atoms with E-state index in [-0.39, 0.29) is 16.5 Å². The number of likely N-dealkylation sites (tertiary alicyclic amines) is 1. The van der Waals surface area contributed by atoms with Crippen LogP contribution in [0.15, 0.2) is 23.1 Å². The van der Waals surface area contributed by atoms with Crippen LogP contribution >= 0.6 is 0 Å². The number of nitrogens with one attached hydrogen (secondary N) is 1. The molecule has 2 amide bonds. The fourth-order valence-corrected chi connectivity index (χ4v) is 6.01. The fraction of sp³-hybridized carbons (Fsp3) is 0.632. The minimum Gasteiger partial charge on any atom is -0.341 e. The number of piperazine rings is 1. The topological polar surface area (TPSA) is 73.0 Å². The number of carbonyl (C=O) groups is 1. The van der Waals surface area contributed by atoms with Crippen molar-refractivity contribution in [3.63, 3.8) is 0 Å². The van der Waals surface area contributed by atoms with Crippen LogP contribution in [0.3, 0.4) is 0 Å². The van der Waals surface area contributed by atoms with E-state index in [0.717, 1.165) is 18.9 Å². The maximum absolute atomic E-state index is 13.6. The molecule has 7 nitrogen and oxygen atoms in total. The molecule has 9 heteroatoms. The Labute approximate surface area is 166 Å². The molecule has 2 aliphatic rings. The molecule has 28 heavy (non-hydrogen) atoms.